The Morgan fingerprint density at radius 2 is 2.39 bits per heavy atom. The lowest BCUT2D eigenvalue weighted by Gasteiger charge is -2.48. The number of piperidine rings is 1. The molecule has 2 aliphatic rings. The predicted molar refractivity (Wildman–Crippen MR) is 70.2 cm³/mol. The van der Waals surface area contributed by atoms with E-state index in [1.54, 1.807) is 6.20 Å². The lowest BCUT2D eigenvalue weighted by molar-refractivity contribution is 0.135. The largest absolute Gasteiger partial charge is 0.382 e. The molecule has 0 radical (unpaired) electrons. The number of anilines is 1. The average molecular weight is 242 g/mol. The molecule has 0 aromatic carbocycles. The van der Waals surface area contributed by atoms with Crippen molar-refractivity contribution in [2.45, 2.75) is 43.7 Å². The first kappa shape index (κ1) is 11.5. The van der Waals surface area contributed by atoms with E-state index in [0.29, 0.717) is 17.3 Å². The van der Waals surface area contributed by atoms with Crippen molar-refractivity contribution in [3.05, 3.63) is 24.0 Å². The number of nitrogens with one attached hydrogen (secondary N) is 2. The van der Waals surface area contributed by atoms with Crippen LogP contribution in [0.25, 0.3) is 0 Å². The maximum atomic E-state index is 8.85. The molecule has 1 aromatic rings. The van der Waals surface area contributed by atoms with Gasteiger partial charge in [-0.1, -0.05) is 0 Å². The lowest BCUT2D eigenvalue weighted by atomic mass is 9.70. The summed E-state index contributed by atoms with van der Waals surface area (Å²) in [6, 6.07) is 6.36. The molecule has 1 saturated carbocycles. The molecule has 2 fully saturated rings. The van der Waals surface area contributed by atoms with Gasteiger partial charge in [0.05, 0.1) is 0 Å². The van der Waals surface area contributed by atoms with Gasteiger partial charge in [0.25, 0.3) is 0 Å². The summed E-state index contributed by atoms with van der Waals surface area (Å²) in [4.78, 5) is 3.99. The quantitative estimate of drug-likeness (QED) is 0.833. The highest BCUT2D eigenvalue weighted by atomic mass is 15.0. The molecule has 18 heavy (non-hydrogen) atoms. The van der Waals surface area contributed by atoms with E-state index in [-0.39, 0.29) is 0 Å². The van der Waals surface area contributed by atoms with Gasteiger partial charge < -0.3 is 10.6 Å². The fraction of sp³-hybridized carbons (Fsp3) is 0.571. The van der Waals surface area contributed by atoms with Crippen LogP contribution >= 0.6 is 0 Å². The van der Waals surface area contributed by atoms with Crippen LogP contribution in [0.2, 0.25) is 0 Å². The molecule has 1 aliphatic heterocycles. The summed E-state index contributed by atoms with van der Waals surface area (Å²) in [5.74, 6) is 0. The van der Waals surface area contributed by atoms with Gasteiger partial charge in [0.1, 0.15) is 11.8 Å². The second kappa shape index (κ2) is 4.58. The van der Waals surface area contributed by atoms with Crippen LogP contribution in [0.15, 0.2) is 18.3 Å². The van der Waals surface area contributed by atoms with Gasteiger partial charge in [0.15, 0.2) is 0 Å². The van der Waals surface area contributed by atoms with Crippen LogP contribution in [0.1, 0.15) is 37.8 Å². The van der Waals surface area contributed by atoms with E-state index in [9.17, 15) is 0 Å². The van der Waals surface area contributed by atoms with E-state index in [4.69, 9.17) is 5.26 Å². The van der Waals surface area contributed by atoms with Crippen molar-refractivity contribution >= 4 is 5.69 Å². The molecule has 3 rings (SSSR count). The maximum Gasteiger partial charge on any atom is 0.142 e. The van der Waals surface area contributed by atoms with E-state index >= 15 is 0 Å². The topological polar surface area (TPSA) is 60.7 Å². The molecule has 0 amide bonds. The Kier molecular flexibility index (Phi) is 2.92. The molecular formula is C14H18N4. The van der Waals surface area contributed by atoms with Crippen molar-refractivity contribution in [1.29, 1.82) is 5.26 Å². The van der Waals surface area contributed by atoms with Gasteiger partial charge in [-0.3, -0.25) is 0 Å². The zero-order valence-corrected chi connectivity index (χ0v) is 10.4. The monoisotopic (exact) mass is 242 g/mol. The first-order valence-corrected chi connectivity index (χ1v) is 6.67. The Morgan fingerprint density at radius 1 is 1.50 bits per heavy atom. The average Bonchev–Trinajstić information content (AvgIpc) is 2.37. The van der Waals surface area contributed by atoms with E-state index in [1.165, 1.54) is 25.7 Å². The number of nitriles is 1. The Morgan fingerprint density at radius 3 is 3.11 bits per heavy atom. The summed E-state index contributed by atoms with van der Waals surface area (Å²) in [6.45, 7) is 1.09. The smallest absolute Gasteiger partial charge is 0.142 e. The SMILES string of the molecule is N#Cc1cc(NC2CCNC3(CCC3)C2)ccn1. The Labute approximate surface area is 107 Å². The maximum absolute atomic E-state index is 8.85. The number of pyridine rings is 1. The Balaban J connectivity index is 1.66. The van der Waals surface area contributed by atoms with Gasteiger partial charge in [-0.2, -0.15) is 5.26 Å². The second-order valence-corrected chi connectivity index (χ2v) is 5.44. The third kappa shape index (κ3) is 2.19. The van der Waals surface area contributed by atoms with Crippen LogP contribution in [0.4, 0.5) is 5.69 Å². The highest BCUT2D eigenvalue weighted by Gasteiger charge is 2.40. The van der Waals surface area contributed by atoms with Crippen LogP contribution in [0.5, 0.6) is 0 Å². The Hall–Kier alpha value is -1.60. The summed E-state index contributed by atoms with van der Waals surface area (Å²) in [6.07, 6.45) is 8.01. The Bertz CT molecular complexity index is 473. The van der Waals surface area contributed by atoms with E-state index in [1.807, 2.05) is 12.1 Å². The number of rotatable bonds is 2. The molecule has 2 heterocycles. The van der Waals surface area contributed by atoms with Gasteiger partial charge in [-0.15, -0.1) is 0 Å². The number of aromatic nitrogens is 1. The van der Waals surface area contributed by atoms with Gasteiger partial charge in [0.2, 0.25) is 0 Å². The fourth-order valence-corrected chi connectivity index (χ4v) is 3.08. The highest BCUT2D eigenvalue weighted by molar-refractivity contribution is 5.46. The van der Waals surface area contributed by atoms with Crippen molar-refractivity contribution < 1.29 is 0 Å². The molecule has 4 heteroatoms. The third-order valence-electron chi connectivity index (χ3n) is 4.19. The van der Waals surface area contributed by atoms with Gasteiger partial charge in [0, 0.05) is 23.5 Å². The molecule has 4 nitrogen and oxygen atoms in total. The standard InChI is InChI=1S/C14H18N4/c15-10-13-8-11(2-6-16-13)18-12-3-7-17-14(9-12)4-1-5-14/h2,6,8,12,17H,1,3-5,7,9H2,(H,16,18). The predicted octanol–water partition coefficient (Wildman–Crippen LogP) is 2.04. The summed E-state index contributed by atoms with van der Waals surface area (Å²) in [5.41, 5.74) is 1.90. The molecule has 1 aliphatic carbocycles. The molecule has 94 valence electrons. The van der Waals surface area contributed by atoms with Crippen molar-refractivity contribution in [3.63, 3.8) is 0 Å². The summed E-state index contributed by atoms with van der Waals surface area (Å²) < 4.78 is 0. The van der Waals surface area contributed by atoms with Crippen molar-refractivity contribution in [2.24, 2.45) is 0 Å². The molecule has 1 unspecified atom stereocenters. The molecule has 1 spiro atoms. The summed E-state index contributed by atoms with van der Waals surface area (Å²) in [5, 5.41) is 16.1. The normalized spacial score (nSPS) is 25.2. The minimum atomic E-state index is 0.404. The fourth-order valence-electron chi connectivity index (χ4n) is 3.08. The molecule has 0 bridgehead atoms. The number of nitrogens with zero attached hydrogens (tertiary/aromatic N) is 2. The molecule has 1 saturated heterocycles. The molecule has 1 atom stereocenters. The van der Waals surface area contributed by atoms with Crippen molar-refractivity contribution in [1.82, 2.24) is 10.3 Å². The van der Waals surface area contributed by atoms with Crippen LogP contribution in [0, 0.1) is 11.3 Å². The third-order valence-corrected chi connectivity index (χ3v) is 4.19. The van der Waals surface area contributed by atoms with Crippen LogP contribution in [-0.2, 0) is 0 Å². The van der Waals surface area contributed by atoms with Crippen molar-refractivity contribution in [2.75, 3.05) is 11.9 Å². The lowest BCUT2D eigenvalue weighted by Crippen LogP contribution is -2.58. The van der Waals surface area contributed by atoms with E-state index in [2.05, 4.69) is 21.7 Å². The van der Waals surface area contributed by atoms with Gasteiger partial charge in [-0.05, 0) is 50.8 Å². The second-order valence-electron chi connectivity index (χ2n) is 5.44. The zero-order valence-electron chi connectivity index (χ0n) is 10.4. The summed E-state index contributed by atoms with van der Waals surface area (Å²) in [7, 11) is 0. The highest BCUT2D eigenvalue weighted by Crippen LogP contribution is 2.38. The first-order valence-electron chi connectivity index (χ1n) is 6.67. The minimum absolute atomic E-state index is 0.404. The van der Waals surface area contributed by atoms with Crippen LogP contribution in [-0.4, -0.2) is 23.1 Å². The van der Waals surface area contributed by atoms with Gasteiger partial charge >= 0.3 is 0 Å². The van der Waals surface area contributed by atoms with Gasteiger partial charge in [-0.25, -0.2) is 4.98 Å². The van der Waals surface area contributed by atoms with Crippen LogP contribution in [0.3, 0.4) is 0 Å². The molecule has 1 aromatic heterocycles. The van der Waals surface area contributed by atoms with E-state index in [0.717, 1.165) is 18.7 Å². The van der Waals surface area contributed by atoms with E-state index < -0.39 is 0 Å². The molecule has 2 N–H and O–H groups in total. The van der Waals surface area contributed by atoms with Crippen LogP contribution < -0.4 is 10.6 Å². The first-order chi connectivity index (χ1) is 8.80. The number of hydrogen-bond donors (Lipinski definition) is 2. The number of hydrogen-bond acceptors (Lipinski definition) is 4. The molecular weight excluding hydrogens is 224 g/mol. The summed E-state index contributed by atoms with van der Waals surface area (Å²) >= 11 is 0. The van der Waals surface area contributed by atoms with Crippen molar-refractivity contribution in [3.8, 4) is 6.07 Å². The zero-order chi connectivity index (χ0) is 12.4. The minimum Gasteiger partial charge on any atom is -0.382 e.